The van der Waals surface area contributed by atoms with Gasteiger partial charge in [-0.25, -0.2) is 0 Å². The minimum absolute atomic E-state index is 0.0367. The van der Waals surface area contributed by atoms with E-state index in [1.165, 1.54) is 11.0 Å². The van der Waals surface area contributed by atoms with Gasteiger partial charge in [0.2, 0.25) is 5.91 Å². The molecular weight excluding hydrogens is 264 g/mol. The van der Waals surface area contributed by atoms with Crippen LogP contribution in [0.1, 0.15) is 5.56 Å². The quantitative estimate of drug-likeness (QED) is 0.859. The number of carbonyl (C=O) groups excluding carboxylic acids is 2. The first kappa shape index (κ1) is 13.1. The summed E-state index contributed by atoms with van der Waals surface area (Å²) < 4.78 is 0. The molecular formula is C17H14N2O2. The summed E-state index contributed by atoms with van der Waals surface area (Å²) in [5.41, 5.74) is 2.33. The molecule has 0 unspecified atom stereocenters. The highest BCUT2D eigenvalue weighted by molar-refractivity contribution is 6.13. The van der Waals surface area contributed by atoms with Gasteiger partial charge in [0.25, 0.3) is 5.91 Å². The monoisotopic (exact) mass is 278 g/mol. The van der Waals surface area contributed by atoms with Crippen molar-refractivity contribution >= 4 is 29.3 Å². The molecule has 2 aromatic carbocycles. The van der Waals surface area contributed by atoms with Crippen LogP contribution in [-0.4, -0.2) is 18.4 Å². The van der Waals surface area contributed by atoms with Crippen molar-refractivity contribution in [1.82, 2.24) is 0 Å². The molecule has 4 nitrogen and oxygen atoms in total. The maximum Gasteiger partial charge on any atom is 0.251 e. The molecule has 0 aromatic heterocycles. The summed E-state index contributed by atoms with van der Waals surface area (Å²) in [5.74, 6) is -0.392. The number of carbonyl (C=O) groups is 2. The first-order valence-corrected chi connectivity index (χ1v) is 6.67. The molecule has 0 spiro atoms. The lowest BCUT2D eigenvalue weighted by Gasteiger charge is -2.28. The Labute approximate surface area is 122 Å². The number of hydrogen-bond acceptors (Lipinski definition) is 2. The number of anilines is 2. The van der Waals surface area contributed by atoms with Gasteiger partial charge in [0.05, 0.1) is 11.4 Å². The lowest BCUT2D eigenvalue weighted by atomic mass is 10.1. The Balaban J connectivity index is 1.85. The van der Waals surface area contributed by atoms with E-state index >= 15 is 0 Å². The second-order valence-electron chi connectivity index (χ2n) is 4.73. The van der Waals surface area contributed by atoms with E-state index in [0.29, 0.717) is 5.69 Å². The Morgan fingerprint density at radius 1 is 1.05 bits per heavy atom. The SMILES string of the molecule is O=C1CN(C(=O)C=Cc2ccccc2)c2ccccc2N1. The van der Waals surface area contributed by atoms with Crippen LogP contribution in [0.3, 0.4) is 0 Å². The van der Waals surface area contributed by atoms with Crippen LogP contribution in [0.5, 0.6) is 0 Å². The average molecular weight is 278 g/mol. The molecule has 4 heteroatoms. The number of fused-ring (bicyclic) bond motifs is 1. The number of nitrogens with zero attached hydrogens (tertiary/aromatic N) is 1. The van der Waals surface area contributed by atoms with Gasteiger partial charge in [-0.3, -0.25) is 14.5 Å². The Morgan fingerprint density at radius 2 is 1.76 bits per heavy atom. The Hall–Kier alpha value is -2.88. The van der Waals surface area contributed by atoms with E-state index in [0.717, 1.165) is 11.3 Å². The average Bonchev–Trinajstić information content (AvgIpc) is 2.52. The van der Waals surface area contributed by atoms with Gasteiger partial charge in [-0.1, -0.05) is 42.5 Å². The van der Waals surface area contributed by atoms with Crippen molar-refractivity contribution in [2.45, 2.75) is 0 Å². The maximum absolute atomic E-state index is 12.3. The number of hydrogen-bond donors (Lipinski definition) is 1. The second-order valence-corrected chi connectivity index (χ2v) is 4.73. The van der Waals surface area contributed by atoms with Crippen molar-refractivity contribution in [2.75, 3.05) is 16.8 Å². The molecule has 0 aliphatic carbocycles. The molecule has 1 N–H and O–H groups in total. The maximum atomic E-state index is 12.3. The third-order valence-electron chi connectivity index (χ3n) is 3.25. The fourth-order valence-corrected chi connectivity index (χ4v) is 2.25. The van der Waals surface area contributed by atoms with Crippen LogP contribution in [0.2, 0.25) is 0 Å². The zero-order valence-corrected chi connectivity index (χ0v) is 11.3. The molecule has 3 rings (SSSR count). The number of nitrogens with one attached hydrogen (secondary N) is 1. The van der Waals surface area contributed by atoms with Gasteiger partial charge in [-0.05, 0) is 23.8 Å². The topological polar surface area (TPSA) is 49.4 Å². The third kappa shape index (κ3) is 2.84. The first-order valence-electron chi connectivity index (χ1n) is 6.67. The summed E-state index contributed by atoms with van der Waals surface area (Å²) in [5, 5.41) is 2.76. The van der Waals surface area contributed by atoms with Gasteiger partial charge in [-0.15, -0.1) is 0 Å². The fraction of sp³-hybridized carbons (Fsp3) is 0.0588. The Morgan fingerprint density at radius 3 is 2.57 bits per heavy atom. The molecule has 0 atom stereocenters. The van der Waals surface area contributed by atoms with Gasteiger partial charge in [0.15, 0.2) is 0 Å². The predicted molar refractivity (Wildman–Crippen MR) is 82.9 cm³/mol. The number of rotatable bonds is 2. The lowest BCUT2D eigenvalue weighted by molar-refractivity contribution is -0.119. The van der Waals surface area contributed by atoms with Crippen LogP contribution in [0.4, 0.5) is 11.4 Å². The van der Waals surface area contributed by atoms with Gasteiger partial charge in [0.1, 0.15) is 6.54 Å². The number of amides is 2. The molecule has 0 fully saturated rings. The van der Waals surface area contributed by atoms with E-state index < -0.39 is 0 Å². The van der Waals surface area contributed by atoms with Crippen LogP contribution in [0.25, 0.3) is 6.08 Å². The molecule has 2 aromatic rings. The molecule has 1 aliphatic heterocycles. The molecule has 2 amide bonds. The zero-order valence-electron chi connectivity index (χ0n) is 11.3. The van der Waals surface area contributed by atoms with Crippen LogP contribution >= 0.6 is 0 Å². The van der Waals surface area contributed by atoms with Crippen molar-refractivity contribution in [2.24, 2.45) is 0 Å². The summed E-state index contributed by atoms with van der Waals surface area (Å²) >= 11 is 0. The van der Waals surface area contributed by atoms with Gasteiger partial charge < -0.3 is 5.32 Å². The molecule has 1 aliphatic rings. The van der Waals surface area contributed by atoms with Crippen molar-refractivity contribution in [1.29, 1.82) is 0 Å². The van der Waals surface area contributed by atoms with Gasteiger partial charge >= 0.3 is 0 Å². The molecule has 0 radical (unpaired) electrons. The van der Waals surface area contributed by atoms with Crippen molar-refractivity contribution in [3.63, 3.8) is 0 Å². The van der Waals surface area contributed by atoms with Crippen molar-refractivity contribution < 1.29 is 9.59 Å². The van der Waals surface area contributed by atoms with Crippen LogP contribution in [0.15, 0.2) is 60.7 Å². The summed E-state index contributed by atoms with van der Waals surface area (Å²) in [6.07, 6.45) is 3.24. The highest BCUT2D eigenvalue weighted by Gasteiger charge is 2.24. The highest BCUT2D eigenvalue weighted by atomic mass is 16.2. The summed E-state index contributed by atoms with van der Waals surface area (Å²) in [6, 6.07) is 16.9. The fourth-order valence-electron chi connectivity index (χ4n) is 2.25. The number of para-hydroxylation sites is 2. The van der Waals surface area contributed by atoms with Gasteiger partial charge in [0, 0.05) is 6.08 Å². The zero-order chi connectivity index (χ0) is 14.7. The molecule has 104 valence electrons. The van der Waals surface area contributed by atoms with Crippen molar-refractivity contribution in [3.05, 3.63) is 66.2 Å². The van der Waals surface area contributed by atoms with E-state index in [1.807, 2.05) is 48.5 Å². The minimum Gasteiger partial charge on any atom is -0.323 e. The molecule has 0 saturated carbocycles. The van der Waals surface area contributed by atoms with Crippen molar-refractivity contribution in [3.8, 4) is 0 Å². The third-order valence-corrected chi connectivity index (χ3v) is 3.25. The molecule has 1 heterocycles. The summed E-state index contributed by atoms with van der Waals surface area (Å²) in [7, 11) is 0. The second kappa shape index (κ2) is 5.63. The smallest absolute Gasteiger partial charge is 0.251 e. The molecule has 0 saturated heterocycles. The normalized spacial score (nSPS) is 13.9. The highest BCUT2D eigenvalue weighted by Crippen LogP contribution is 2.29. The first-order chi connectivity index (χ1) is 10.2. The molecule has 21 heavy (non-hydrogen) atoms. The Bertz CT molecular complexity index is 708. The number of benzene rings is 2. The van der Waals surface area contributed by atoms with E-state index in [9.17, 15) is 9.59 Å². The summed E-state index contributed by atoms with van der Waals surface area (Å²) in [4.78, 5) is 25.5. The van der Waals surface area contributed by atoms with Gasteiger partial charge in [-0.2, -0.15) is 0 Å². The largest absolute Gasteiger partial charge is 0.323 e. The predicted octanol–water partition coefficient (Wildman–Crippen LogP) is 2.69. The van der Waals surface area contributed by atoms with E-state index in [-0.39, 0.29) is 18.4 Å². The minimum atomic E-state index is -0.207. The summed E-state index contributed by atoms with van der Waals surface area (Å²) in [6.45, 7) is 0.0367. The van der Waals surface area contributed by atoms with Crippen LogP contribution < -0.4 is 10.2 Å². The van der Waals surface area contributed by atoms with E-state index in [1.54, 1.807) is 12.1 Å². The van der Waals surface area contributed by atoms with E-state index in [4.69, 9.17) is 0 Å². The van der Waals surface area contributed by atoms with Crippen LogP contribution in [-0.2, 0) is 9.59 Å². The molecule has 0 bridgehead atoms. The van der Waals surface area contributed by atoms with E-state index in [2.05, 4.69) is 5.32 Å². The Kier molecular flexibility index (Phi) is 3.51. The van der Waals surface area contributed by atoms with Crippen LogP contribution in [0, 0.1) is 0 Å². The standard InChI is InChI=1S/C17H14N2O2/c20-16-12-19(15-9-5-4-8-14(15)18-16)17(21)11-10-13-6-2-1-3-7-13/h1-11H,12H2,(H,18,20). The lowest BCUT2D eigenvalue weighted by Crippen LogP contribution is -2.41.